The molecule has 0 fully saturated rings. The summed E-state index contributed by atoms with van der Waals surface area (Å²) >= 11 is 6.15. The van der Waals surface area contributed by atoms with Crippen LogP contribution in [-0.2, 0) is 6.54 Å². The van der Waals surface area contributed by atoms with E-state index in [1.807, 2.05) is 24.3 Å². The monoisotopic (exact) mass is 294 g/mol. The van der Waals surface area contributed by atoms with Gasteiger partial charge in [-0.15, -0.1) is 0 Å². The van der Waals surface area contributed by atoms with Gasteiger partial charge >= 0.3 is 0 Å². The number of rotatable bonds is 7. The normalized spacial score (nSPS) is 11.4. The van der Waals surface area contributed by atoms with Crippen LogP contribution in [0.4, 0.5) is 0 Å². The molecule has 0 atom stereocenters. The molecule has 0 spiro atoms. The molecule has 2 N–H and O–H groups in total. The van der Waals surface area contributed by atoms with Gasteiger partial charge in [-0.25, -0.2) is 0 Å². The van der Waals surface area contributed by atoms with Gasteiger partial charge in [-0.3, -0.25) is 9.88 Å². The number of nitrogens with zero attached hydrogens (tertiary/aromatic N) is 2. The molecule has 5 heteroatoms. The molecule has 1 aromatic heterocycles. The summed E-state index contributed by atoms with van der Waals surface area (Å²) in [6.45, 7) is 2.21. The van der Waals surface area contributed by atoms with Crippen LogP contribution in [0, 0.1) is 0 Å². The molecule has 0 aliphatic heterocycles. The number of pyridine rings is 1. The highest BCUT2D eigenvalue weighted by Crippen LogP contribution is 2.23. The van der Waals surface area contributed by atoms with Gasteiger partial charge in [0.05, 0.1) is 12.1 Å². The van der Waals surface area contributed by atoms with E-state index in [0.717, 1.165) is 23.0 Å². The fraction of sp³-hybridized carbons (Fsp3) is 0.400. The van der Waals surface area contributed by atoms with E-state index in [4.69, 9.17) is 21.8 Å². The van der Waals surface area contributed by atoms with Gasteiger partial charge in [-0.1, -0.05) is 17.7 Å². The molecule has 0 saturated heterocycles. The maximum absolute atomic E-state index is 9.14. The molecule has 1 heterocycles. The third-order valence-electron chi connectivity index (χ3n) is 3.19. The molecule has 2 aromatic rings. The van der Waals surface area contributed by atoms with Crippen LogP contribution in [0.25, 0.3) is 10.9 Å². The number of aliphatic hydroxyl groups excluding tert-OH is 2. The number of benzene rings is 1. The number of hydrogen-bond acceptors (Lipinski definition) is 4. The number of aliphatic hydroxyl groups is 2. The van der Waals surface area contributed by atoms with Gasteiger partial charge in [0.25, 0.3) is 0 Å². The van der Waals surface area contributed by atoms with Gasteiger partial charge in [0.15, 0.2) is 0 Å². The Morgan fingerprint density at radius 2 is 2.00 bits per heavy atom. The van der Waals surface area contributed by atoms with E-state index in [1.165, 1.54) is 0 Å². The second-order valence-corrected chi connectivity index (χ2v) is 5.15. The molecule has 108 valence electrons. The summed E-state index contributed by atoms with van der Waals surface area (Å²) in [6, 6.07) is 7.69. The summed E-state index contributed by atoms with van der Waals surface area (Å²) in [6.07, 6.45) is 2.45. The van der Waals surface area contributed by atoms with Crippen molar-refractivity contribution in [1.29, 1.82) is 0 Å². The Hall–Kier alpha value is -1.20. The van der Waals surface area contributed by atoms with Crippen molar-refractivity contribution in [1.82, 2.24) is 9.88 Å². The third kappa shape index (κ3) is 3.90. The largest absolute Gasteiger partial charge is 0.396 e. The molecule has 0 saturated carbocycles. The van der Waals surface area contributed by atoms with Gasteiger partial charge in [-0.2, -0.15) is 0 Å². The smallest absolute Gasteiger partial charge is 0.0747 e. The predicted molar refractivity (Wildman–Crippen MR) is 80.8 cm³/mol. The SMILES string of the molecule is OCCCN(CCO)Cc1cc(Cl)cc2cccnc12. The summed E-state index contributed by atoms with van der Waals surface area (Å²) in [5.74, 6) is 0. The first-order valence-electron chi connectivity index (χ1n) is 6.72. The highest BCUT2D eigenvalue weighted by molar-refractivity contribution is 6.31. The van der Waals surface area contributed by atoms with Crippen LogP contribution in [0.1, 0.15) is 12.0 Å². The fourth-order valence-electron chi connectivity index (χ4n) is 2.29. The van der Waals surface area contributed by atoms with Crippen LogP contribution in [0.15, 0.2) is 30.5 Å². The minimum atomic E-state index is 0.0946. The van der Waals surface area contributed by atoms with Crippen molar-refractivity contribution in [3.63, 3.8) is 0 Å². The van der Waals surface area contributed by atoms with Gasteiger partial charge in [0, 0.05) is 42.8 Å². The molecule has 0 amide bonds. The van der Waals surface area contributed by atoms with E-state index in [2.05, 4.69) is 9.88 Å². The Bertz CT molecular complexity index is 563. The average molecular weight is 295 g/mol. The summed E-state index contributed by atoms with van der Waals surface area (Å²) in [5.41, 5.74) is 1.98. The van der Waals surface area contributed by atoms with Gasteiger partial charge in [0.2, 0.25) is 0 Å². The van der Waals surface area contributed by atoms with Crippen molar-refractivity contribution < 1.29 is 10.2 Å². The summed E-state index contributed by atoms with van der Waals surface area (Å²) < 4.78 is 0. The third-order valence-corrected chi connectivity index (χ3v) is 3.41. The standard InChI is InChI=1S/C15H19ClN2O2/c16-14-9-12-3-1-4-17-15(12)13(10-14)11-18(6-8-20)5-2-7-19/h1,3-4,9-10,19-20H,2,5-8,11H2. The van der Waals surface area contributed by atoms with E-state index in [1.54, 1.807) is 6.20 Å². The maximum atomic E-state index is 9.14. The highest BCUT2D eigenvalue weighted by Gasteiger charge is 2.10. The lowest BCUT2D eigenvalue weighted by Crippen LogP contribution is -2.28. The lowest BCUT2D eigenvalue weighted by atomic mass is 10.1. The molecule has 0 unspecified atom stereocenters. The van der Waals surface area contributed by atoms with Gasteiger partial charge < -0.3 is 10.2 Å². The minimum absolute atomic E-state index is 0.0946. The quantitative estimate of drug-likeness (QED) is 0.821. The van der Waals surface area contributed by atoms with Crippen molar-refractivity contribution in [3.8, 4) is 0 Å². The number of halogens is 1. The van der Waals surface area contributed by atoms with E-state index < -0.39 is 0 Å². The first kappa shape index (κ1) is 15.2. The van der Waals surface area contributed by atoms with Crippen LogP contribution in [0.2, 0.25) is 5.02 Å². The number of fused-ring (bicyclic) bond motifs is 1. The van der Waals surface area contributed by atoms with Crippen LogP contribution in [0.3, 0.4) is 0 Å². The van der Waals surface area contributed by atoms with Crippen LogP contribution < -0.4 is 0 Å². The molecule has 0 aliphatic rings. The molecule has 0 bridgehead atoms. The molecule has 0 radical (unpaired) electrons. The van der Waals surface area contributed by atoms with Gasteiger partial charge in [0.1, 0.15) is 0 Å². The Morgan fingerprint density at radius 1 is 1.15 bits per heavy atom. The molecule has 1 aromatic carbocycles. The Balaban J connectivity index is 2.26. The minimum Gasteiger partial charge on any atom is -0.396 e. The molecular formula is C15H19ClN2O2. The molecular weight excluding hydrogens is 276 g/mol. The Morgan fingerprint density at radius 3 is 2.75 bits per heavy atom. The number of hydrogen-bond donors (Lipinski definition) is 2. The van der Waals surface area contributed by atoms with Gasteiger partial charge in [-0.05, 0) is 30.2 Å². The van der Waals surface area contributed by atoms with Crippen LogP contribution in [-0.4, -0.2) is 46.4 Å². The first-order valence-corrected chi connectivity index (χ1v) is 7.09. The molecule has 4 nitrogen and oxygen atoms in total. The van der Waals surface area contributed by atoms with Crippen molar-refractivity contribution in [2.75, 3.05) is 26.3 Å². The first-order chi connectivity index (χ1) is 9.74. The fourth-order valence-corrected chi connectivity index (χ4v) is 2.54. The Kier molecular flexibility index (Phi) is 5.73. The van der Waals surface area contributed by atoms with E-state index >= 15 is 0 Å². The second kappa shape index (κ2) is 7.55. The second-order valence-electron chi connectivity index (χ2n) is 4.72. The number of aromatic nitrogens is 1. The summed E-state index contributed by atoms with van der Waals surface area (Å²) in [4.78, 5) is 6.51. The van der Waals surface area contributed by atoms with Crippen molar-refractivity contribution in [3.05, 3.63) is 41.0 Å². The molecule has 0 aliphatic carbocycles. The van der Waals surface area contributed by atoms with E-state index in [9.17, 15) is 0 Å². The van der Waals surface area contributed by atoms with Crippen LogP contribution in [0.5, 0.6) is 0 Å². The van der Waals surface area contributed by atoms with Crippen molar-refractivity contribution in [2.45, 2.75) is 13.0 Å². The van der Waals surface area contributed by atoms with E-state index in [0.29, 0.717) is 24.5 Å². The summed E-state index contributed by atoms with van der Waals surface area (Å²) in [5, 5.41) is 19.8. The average Bonchev–Trinajstić information content (AvgIpc) is 2.44. The van der Waals surface area contributed by atoms with Crippen molar-refractivity contribution >= 4 is 22.5 Å². The zero-order valence-electron chi connectivity index (χ0n) is 11.3. The zero-order chi connectivity index (χ0) is 14.4. The topological polar surface area (TPSA) is 56.6 Å². The highest BCUT2D eigenvalue weighted by atomic mass is 35.5. The summed E-state index contributed by atoms with van der Waals surface area (Å²) in [7, 11) is 0. The molecule has 20 heavy (non-hydrogen) atoms. The van der Waals surface area contributed by atoms with Crippen molar-refractivity contribution in [2.24, 2.45) is 0 Å². The maximum Gasteiger partial charge on any atom is 0.0747 e. The lowest BCUT2D eigenvalue weighted by Gasteiger charge is -2.21. The van der Waals surface area contributed by atoms with Crippen LogP contribution >= 0.6 is 11.6 Å². The predicted octanol–water partition coefficient (Wildman–Crippen LogP) is 2.06. The zero-order valence-corrected chi connectivity index (χ0v) is 12.1. The van der Waals surface area contributed by atoms with E-state index in [-0.39, 0.29) is 13.2 Å². The Labute approximate surface area is 123 Å². The lowest BCUT2D eigenvalue weighted by molar-refractivity contribution is 0.174. The molecule has 2 rings (SSSR count).